The Hall–Kier alpha value is -3.23. The summed E-state index contributed by atoms with van der Waals surface area (Å²) in [5, 5.41) is 2.95. The van der Waals surface area contributed by atoms with E-state index in [1.54, 1.807) is 12.1 Å². The number of hydrogen-bond acceptors (Lipinski definition) is 5. The molecule has 0 bridgehead atoms. The van der Waals surface area contributed by atoms with E-state index >= 15 is 0 Å². The van der Waals surface area contributed by atoms with Gasteiger partial charge >= 0.3 is 11.1 Å². The normalized spacial score (nSPS) is 14.5. The van der Waals surface area contributed by atoms with E-state index in [0.29, 0.717) is 24.2 Å². The van der Waals surface area contributed by atoms with Crippen LogP contribution in [-0.4, -0.2) is 59.3 Å². The van der Waals surface area contributed by atoms with E-state index in [-0.39, 0.29) is 12.5 Å². The summed E-state index contributed by atoms with van der Waals surface area (Å²) in [5.41, 5.74) is 1.78. The lowest BCUT2D eigenvalue weighted by molar-refractivity contribution is 0.0383. The highest BCUT2D eigenvalue weighted by molar-refractivity contribution is 5.94. The monoisotopic (exact) mass is 436 g/mol. The zero-order valence-electron chi connectivity index (χ0n) is 18.3. The zero-order chi connectivity index (χ0) is 22.5. The number of carbonyl (C=O) groups is 1. The van der Waals surface area contributed by atoms with Crippen molar-refractivity contribution in [3.05, 3.63) is 80.4 Å². The second-order valence-corrected chi connectivity index (χ2v) is 7.84. The largest absolute Gasteiger partial charge is 0.379 e. The Morgan fingerprint density at radius 2 is 1.56 bits per heavy atom. The van der Waals surface area contributed by atoms with Gasteiger partial charge in [-0.15, -0.1) is 0 Å². The van der Waals surface area contributed by atoms with Gasteiger partial charge in [0.1, 0.15) is 0 Å². The first kappa shape index (κ1) is 22.0. The molecule has 1 fully saturated rings. The Kier molecular flexibility index (Phi) is 6.82. The van der Waals surface area contributed by atoms with Gasteiger partial charge in [0.25, 0.3) is 5.91 Å². The lowest BCUT2D eigenvalue weighted by atomic mass is 10.1. The molecule has 2 heterocycles. The highest BCUT2D eigenvalue weighted by Gasteiger charge is 2.13. The maximum atomic E-state index is 12.7. The summed E-state index contributed by atoms with van der Waals surface area (Å²) in [5.74, 6) is -0.127. The van der Waals surface area contributed by atoms with Crippen LogP contribution in [0, 0.1) is 0 Å². The second kappa shape index (κ2) is 9.93. The average molecular weight is 437 g/mol. The van der Waals surface area contributed by atoms with Gasteiger partial charge in [-0.1, -0.05) is 24.3 Å². The molecule has 0 radical (unpaired) electrons. The molecule has 8 heteroatoms. The molecule has 1 aliphatic heterocycles. The molecule has 0 aliphatic carbocycles. The van der Waals surface area contributed by atoms with Crippen LogP contribution in [0.3, 0.4) is 0 Å². The molecule has 1 aliphatic rings. The number of aromatic nitrogens is 2. The molecule has 1 N–H and O–H groups in total. The van der Waals surface area contributed by atoms with Gasteiger partial charge in [0.05, 0.1) is 30.8 Å². The van der Waals surface area contributed by atoms with Crippen molar-refractivity contribution < 1.29 is 9.53 Å². The number of carbonyl (C=O) groups excluding carboxylic acids is 1. The number of aryl methyl sites for hydroxylation is 1. The molecule has 0 spiro atoms. The molecule has 4 rings (SSSR count). The molecule has 8 nitrogen and oxygen atoms in total. The molecule has 1 saturated heterocycles. The molecule has 0 atom stereocenters. The van der Waals surface area contributed by atoms with Gasteiger partial charge in [0.15, 0.2) is 0 Å². The first-order valence-corrected chi connectivity index (χ1v) is 11.0. The number of amides is 1. The van der Waals surface area contributed by atoms with E-state index < -0.39 is 11.1 Å². The Bertz CT molecular complexity index is 1210. The summed E-state index contributed by atoms with van der Waals surface area (Å²) in [6, 6.07) is 14.5. The van der Waals surface area contributed by atoms with Crippen LogP contribution in [-0.2, 0) is 17.8 Å². The van der Waals surface area contributed by atoms with Crippen molar-refractivity contribution >= 4 is 16.9 Å². The van der Waals surface area contributed by atoms with Crippen LogP contribution in [0.15, 0.2) is 58.1 Å². The highest BCUT2D eigenvalue weighted by Crippen LogP contribution is 2.13. The topological polar surface area (TPSA) is 85.6 Å². The molecule has 0 saturated carbocycles. The molecule has 1 aromatic heterocycles. The van der Waals surface area contributed by atoms with Crippen molar-refractivity contribution in [3.8, 4) is 0 Å². The van der Waals surface area contributed by atoms with Gasteiger partial charge < -0.3 is 14.6 Å². The summed E-state index contributed by atoms with van der Waals surface area (Å²) >= 11 is 0. The third-order valence-electron chi connectivity index (χ3n) is 5.83. The lowest BCUT2D eigenvalue weighted by Gasteiger charge is -2.26. The van der Waals surface area contributed by atoms with Gasteiger partial charge in [-0.05, 0) is 36.8 Å². The van der Waals surface area contributed by atoms with Gasteiger partial charge in [-0.3, -0.25) is 23.9 Å². The van der Waals surface area contributed by atoms with E-state index in [2.05, 4.69) is 10.2 Å². The van der Waals surface area contributed by atoms with Gasteiger partial charge in [0, 0.05) is 38.3 Å². The third-order valence-corrected chi connectivity index (χ3v) is 5.83. The van der Waals surface area contributed by atoms with Crippen molar-refractivity contribution in [1.82, 2.24) is 19.4 Å². The lowest BCUT2D eigenvalue weighted by Crippen LogP contribution is -2.41. The van der Waals surface area contributed by atoms with Crippen molar-refractivity contribution in [1.29, 1.82) is 0 Å². The summed E-state index contributed by atoms with van der Waals surface area (Å²) in [4.78, 5) is 40.0. The summed E-state index contributed by atoms with van der Waals surface area (Å²) < 4.78 is 8.33. The van der Waals surface area contributed by atoms with Crippen LogP contribution in [0.4, 0.5) is 0 Å². The number of rotatable bonds is 7. The average Bonchev–Trinajstić information content (AvgIpc) is 2.83. The molecular weight excluding hydrogens is 408 g/mol. The maximum absolute atomic E-state index is 12.7. The zero-order valence-corrected chi connectivity index (χ0v) is 18.3. The molecule has 3 aromatic rings. The third kappa shape index (κ3) is 4.66. The number of nitrogens with one attached hydrogen (secondary N) is 1. The maximum Gasteiger partial charge on any atom is 0.317 e. The fourth-order valence-electron chi connectivity index (χ4n) is 4.04. The SMILES string of the molecule is CCn1c(=O)c(=O)n(Cc2ccc(C(=O)NCCN3CCOCC3)cc2)c2ccccc21. The van der Waals surface area contributed by atoms with Crippen molar-refractivity contribution in [3.63, 3.8) is 0 Å². The number of para-hydroxylation sites is 2. The first-order chi connectivity index (χ1) is 15.6. The van der Waals surface area contributed by atoms with Gasteiger partial charge in [-0.2, -0.15) is 0 Å². The Morgan fingerprint density at radius 1 is 0.938 bits per heavy atom. The minimum absolute atomic E-state index is 0.127. The van der Waals surface area contributed by atoms with Crippen LogP contribution in [0.2, 0.25) is 0 Å². The van der Waals surface area contributed by atoms with E-state index in [0.717, 1.165) is 43.9 Å². The molecule has 168 valence electrons. The number of nitrogens with zero attached hydrogens (tertiary/aromatic N) is 3. The Balaban J connectivity index is 1.47. The predicted octanol–water partition coefficient (Wildman–Crippen LogP) is 1.29. The molecule has 1 amide bonds. The molecular formula is C24H28N4O4. The van der Waals surface area contributed by atoms with Gasteiger partial charge in [-0.25, -0.2) is 0 Å². The number of fused-ring (bicyclic) bond motifs is 1. The summed E-state index contributed by atoms with van der Waals surface area (Å²) in [6.45, 7) is 7.18. The number of benzene rings is 2. The van der Waals surface area contributed by atoms with Crippen LogP contribution in [0.1, 0.15) is 22.8 Å². The van der Waals surface area contributed by atoms with Crippen LogP contribution in [0.5, 0.6) is 0 Å². The number of hydrogen-bond donors (Lipinski definition) is 1. The standard InChI is InChI=1S/C24H28N4O4/c1-2-27-20-5-3-4-6-21(20)28(24(31)23(27)30)17-18-7-9-19(10-8-18)22(29)25-11-12-26-13-15-32-16-14-26/h3-10H,2,11-17H2,1H3,(H,25,29). The fraction of sp³-hybridized carbons (Fsp3) is 0.375. The molecule has 32 heavy (non-hydrogen) atoms. The predicted molar refractivity (Wildman–Crippen MR) is 123 cm³/mol. The van der Waals surface area contributed by atoms with E-state index in [1.807, 2.05) is 43.3 Å². The van der Waals surface area contributed by atoms with Crippen molar-refractivity contribution in [2.75, 3.05) is 39.4 Å². The van der Waals surface area contributed by atoms with E-state index in [4.69, 9.17) is 4.74 Å². The second-order valence-electron chi connectivity index (χ2n) is 7.84. The number of ether oxygens (including phenoxy) is 1. The molecule has 0 unspecified atom stereocenters. The fourth-order valence-corrected chi connectivity index (χ4v) is 4.04. The minimum Gasteiger partial charge on any atom is -0.379 e. The molecule has 2 aromatic carbocycles. The van der Waals surface area contributed by atoms with Crippen LogP contribution in [0.25, 0.3) is 11.0 Å². The smallest absolute Gasteiger partial charge is 0.317 e. The van der Waals surface area contributed by atoms with E-state index in [9.17, 15) is 14.4 Å². The summed E-state index contributed by atoms with van der Waals surface area (Å²) in [7, 11) is 0. The highest BCUT2D eigenvalue weighted by atomic mass is 16.5. The van der Waals surface area contributed by atoms with Crippen molar-refractivity contribution in [2.24, 2.45) is 0 Å². The quantitative estimate of drug-likeness (QED) is 0.564. The summed E-state index contributed by atoms with van der Waals surface area (Å²) in [6.07, 6.45) is 0. The van der Waals surface area contributed by atoms with Gasteiger partial charge in [0.2, 0.25) is 0 Å². The van der Waals surface area contributed by atoms with E-state index in [1.165, 1.54) is 9.13 Å². The minimum atomic E-state index is -0.546. The first-order valence-electron chi connectivity index (χ1n) is 11.0. The number of morpholine rings is 1. The van der Waals surface area contributed by atoms with Crippen LogP contribution < -0.4 is 16.4 Å². The van der Waals surface area contributed by atoms with Crippen LogP contribution >= 0.6 is 0 Å². The Morgan fingerprint density at radius 3 is 2.22 bits per heavy atom. The van der Waals surface area contributed by atoms with Crippen molar-refractivity contribution in [2.45, 2.75) is 20.0 Å². The Labute approximate surface area is 186 Å².